The van der Waals surface area contributed by atoms with Crippen LogP contribution >= 0.6 is 0 Å². The standard InChI is InChI=1S/C15H20N2/c16-13-7-9-14(10-8-13)17-11-3-5-12-4-1-2-6-15(12)17/h1-6,13-14H,7-11,16H2. The Labute approximate surface area is 103 Å². The van der Waals surface area contributed by atoms with Crippen molar-refractivity contribution in [2.45, 2.75) is 37.8 Å². The van der Waals surface area contributed by atoms with E-state index < -0.39 is 0 Å². The van der Waals surface area contributed by atoms with Crippen molar-refractivity contribution in [3.63, 3.8) is 0 Å². The molecule has 0 spiro atoms. The lowest BCUT2D eigenvalue weighted by Crippen LogP contribution is -2.42. The van der Waals surface area contributed by atoms with Crippen molar-refractivity contribution in [2.24, 2.45) is 5.73 Å². The monoisotopic (exact) mass is 228 g/mol. The molecule has 1 aliphatic carbocycles. The van der Waals surface area contributed by atoms with Gasteiger partial charge in [-0.05, 0) is 37.3 Å². The molecule has 0 bridgehead atoms. The largest absolute Gasteiger partial charge is 0.364 e. The highest BCUT2D eigenvalue weighted by molar-refractivity contribution is 5.71. The zero-order valence-corrected chi connectivity index (χ0v) is 10.2. The number of anilines is 1. The third kappa shape index (κ3) is 2.09. The average molecular weight is 228 g/mol. The summed E-state index contributed by atoms with van der Waals surface area (Å²) in [6.45, 7) is 1.05. The lowest BCUT2D eigenvalue weighted by Gasteiger charge is -2.39. The van der Waals surface area contributed by atoms with Crippen molar-refractivity contribution >= 4 is 11.8 Å². The Morgan fingerprint density at radius 2 is 1.82 bits per heavy atom. The van der Waals surface area contributed by atoms with E-state index in [-0.39, 0.29) is 0 Å². The van der Waals surface area contributed by atoms with Crippen molar-refractivity contribution in [1.82, 2.24) is 0 Å². The first-order chi connectivity index (χ1) is 8.34. The van der Waals surface area contributed by atoms with Gasteiger partial charge in [0.2, 0.25) is 0 Å². The third-order valence-corrected chi connectivity index (χ3v) is 4.03. The summed E-state index contributed by atoms with van der Waals surface area (Å²) in [6.07, 6.45) is 9.34. The molecule has 1 aromatic carbocycles. The van der Waals surface area contributed by atoms with Crippen LogP contribution in [-0.2, 0) is 0 Å². The van der Waals surface area contributed by atoms with Crippen LogP contribution < -0.4 is 10.6 Å². The number of rotatable bonds is 1. The highest BCUT2D eigenvalue weighted by Crippen LogP contribution is 2.32. The van der Waals surface area contributed by atoms with Crippen molar-refractivity contribution in [1.29, 1.82) is 0 Å². The summed E-state index contributed by atoms with van der Waals surface area (Å²) in [5, 5.41) is 0. The minimum absolute atomic E-state index is 0.432. The number of nitrogens with zero attached hydrogens (tertiary/aromatic N) is 1. The van der Waals surface area contributed by atoms with Crippen LogP contribution in [0.15, 0.2) is 30.3 Å². The average Bonchev–Trinajstić information content (AvgIpc) is 2.39. The summed E-state index contributed by atoms with van der Waals surface area (Å²) in [5.74, 6) is 0. The summed E-state index contributed by atoms with van der Waals surface area (Å²) in [5.41, 5.74) is 8.74. The Balaban J connectivity index is 1.83. The molecule has 0 saturated heterocycles. The molecule has 0 radical (unpaired) electrons. The molecular weight excluding hydrogens is 208 g/mol. The lowest BCUT2D eigenvalue weighted by atomic mass is 9.89. The van der Waals surface area contributed by atoms with Crippen molar-refractivity contribution < 1.29 is 0 Å². The molecule has 1 heterocycles. The normalized spacial score (nSPS) is 27.9. The van der Waals surface area contributed by atoms with E-state index in [9.17, 15) is 0 Å². The molecule has 0 unspecified atom stereocenters. The quantitative estimate of drug-likeness (QED) is 0.801. The van der Waals surface area contributed by atoms with Crippen LogP contribution in [0.4, 0.5) is 5.69 Å². The molecule has 2 N–H and O–H groups in total. The van der Waals surface area contributed by atoms with Gasteiger partial charge in [0, 0.05) is 24.3 Å². The second-order valence-electron chi connectivity index (χ2n) is 5.18. The number of fused-ring (bicyclic) bond motifs is 1. The van der Waals surface area contributed by atoms with Gasteiger partial charge < -0.3 is 10.6 Å². The number of nitrogens with two attached hydrogens (primary N) is 1. The maximum atomic E-state index is 5.99. The number of hydrogen-bond donors (Lipinski definition) is 1. The van der Waals surface area contributed by atoms with Crippen LogP contribution in [0.1, 0.15) is 31.2 Å². The lowest BCUT2D eigenvalue weighted by molar-refractivity contribution is 0.380. The van der Waals surface area contributed by atoms with E-state index in [0.29, 0.717) is 12.1 Å². The van der Waals surface area contributed by atoms with Gasteiger partial charge in [-0.1, -0.05) is 30.4 Å². The molecule has 3 rings (SSSR count). The predicted octanol–water partition coefficient (Wildman–Crippen LogP) is 2.79. The van der Waals surface area contributed by atoms with Gasteiger partial charge in [0.15, 0.2) is 0 Å². The molecule has 1 fully saturated rings. The van der Waals surface area contributed by atoms with Crippen LogP contribution in [0.25, 0.3) is 6.08 Å². The fourth-order valence-electron chi connectivity index (χ4n) is 3.04. The number of hydrogen-bond acceptors (Lipinski definition) is 2. The van der Waals surface area contributed by atoms with E-state index >= 15 is 0 Å². The van der Waals surface area contributed by atoms with Crippen molar-refractivity contribution in [2.75, 3.05) is 11.4 Å². The minimum atomic E-state index is 0.432. The van der Waals surface area contributed by atoms with E-state index in [4.69, 9.17) is 5.73 Å². The summed E-state index contributed by atoms with van der Waals surface area (Å²) in [7, 11) is 0. The summed E-state index contributed by atoms with van der Waals surface area (Å²) in [6, 6.07) is 9.81. The Morgan fingerprint density at radius 3 is 2.65 bits per heavy atom. The predicted molar refractivity (Wildman–Crippen MR) is 73.1 cm³/mol. The van der Waals surface area contributed by atoms with Crippen LogP contribution in [0.2, 0.25) is 0 Å². The summed E-state index contributed by atoms with van der Waals surface area (Å²) in [4.78, 5) is 2.56. The van der Waals surface area contributed by atoms with E-state index in [1.165, 1.54) is 36.9 Å². The van der Waals surface area contributed by atoms with Gasteiger partial charge >= 0.3 is 0 Å². The van der Waals surface area contributed by atoms with Crippen LogP contribution in [0.3, 0.4) is 0 Å². The van der Waals surface area contributed by atoms with Crippen LogP contribution in [0, 0.1) is 0 Å². The first-order valence-electron chi connectivity index (χ1n) is 6.62. The van der Waals surface area contributed by atoms with Gasteiger partial charge in [0.25, 0.3) is 0 Å². The number of benzene rings is 1. The van der Waals surface area contributed by atoms with E-state index in [2.05, 4.69) is 41.3 Å². The Hall–Kier alpha value is -1.28. The molecule has 1 aromatic rings. The zero-order valence-electron chi connectivity index (χ0n) is 10.2. The van der Waals surface area contributed by atoms with Gasteiger partial charge in [0.1, 0.15) is 0 Å². The van der Waals surface area contributed by atoms with Gasteiger partial charge in [-0.25, -0.2) is 0 Å². The molecule has 0 amide bonds. The molecule has 2 nitrogen and oxygen atoms in total. The van der Waals surface area contributed by atoms with Crippen LogP contribution in [0.5, 0.6) is 0 Å². The Kier molecular flexibility index (Phi) is 2.89. The maximum Gasteiger partial charge on any atom is 0.0445 e. The van der Waals surface area contributed by atoms with Crippen molar-refractivity contribution in [3.05, 3.63) is 35.9 Å². The van der Waals surface area contributed by atoms with Gasteiger partial charge in [-0.15, -0.1) is 0 Å². The topological polar surface area (TPSA) is 29.3 Å². The SMILES string of the molecule is NC1CCC(N2CC=Cc3ccccc32)CC1. The summed E-state index contributed by atoms with van der Waals surface area (Å²) < 4.78 is 0. The highest BCUT2D eigenvalue weighted by atomic mass is 15.2. The zero-order chi connectivity index (χ0) is 11.7. The molecule has 0 aromatic heterocycles. The molecule has 2 aliphatic rings. The minimum Gasteiger partial charge on any atom is -0.364 e. The highest BCUT2D eigenvalue weighted by Gasteiger charge is 2.25. The molecule has 90 valence electrons. The van der Waals surface area contributed by atoms with E-state index in [0.717, 1.165) is 6.54 Å². The molecule has 0 atom stereocenters. The van der Waals surface area contributed by atoms with E-state index in [1.54, 1.807) is 0 Å². The molecule has 17 heavy (non-hydrogen) atoms. The maximum absolute atomic E-state index is 5.99. The smallest absolute Gasteiger partial charge is 0.0445 e. The fraction of sp³-hybridized carbons (Fsp3) is 0.467. The first kappa shape index (κ1) is 10.8. The first-order valence-corrected chi connectivity index (χ1v) is 6.62. The Morgan fingerprint density at radius 1 is 1.06 bits per heavy atom. The molecule has 2 heteroatoms. The fourth-order valence-corrected chi connectivity index (χ4v) is 3.04. The molecule has 1 saturated carbocycles. The van der Waals surface area contributed by atoms with Gasteiger partial charge in [0.05, 0.1) is 0 Å². The molecule has 1 aliphatic heterocycles. The van der Waals surface area contributed by atoms with Gasteiger partial charge in [-0.3, -0.25) is 0 Å². The van der Waals surface area contributed by atoms with Gasteiger partial charge in [-0.2, -0.15) is 0 Å². The molecular formula is C15H20N2. The second kappa shape index (κ2) is 4.53. The van der Waals surface area contributed by atoms with E-state index in [1.807, 2.05) is 0 Å². The Bertz CT molecular complexity index is 417. The van der Waals surface area contributed by atoms with Crippen molar-refractivity contribution in [3.8, 4) is 0 Å². The van der Waals surface area contributed by atoms with Crippen LogP contribution in [-0.4, -0.2) is 18.6 Å². The summed E-state index contributed by atoms with van der Waals surface area (Å²) >= 11 is 0. The number of para-hydroxylation sites is 1. The third-order valence-electron chi connectivity index (χ3n) is 4.03. The second-order valence-corrected chi connectivity index (χ2v) is 5.18.